The molecule has 0 spiro atoms. The molecule has 0 atom stereocenters. The second-order valence-corrected chi connectivity index (χ2v) is 6.83. The minimum Gasteiger partial charge on any atom is -0.489 e. The number of thioether (sulfide) groups is 1. The SMILES string of the molecule is N#Cc1cccc(COc2cccc(NC(=O)CSc3ccccc3)c2)c1. The van der Waals surface area contributed by atoms with E-state index in [0.29, 0.717) is 29.4 Å². The van der Waals surface area contributed by atoms with Crippen LogP contribution in [0.15, 0.2) is 83.8 Å². The molecule has 5 heteroatoms. The number of rotatable bonds is 7. The molecular weight excluding hydrogens is 356 g/mol. The lowest BCUT2D eigenvalue weighted by Gasteiger charge is -2.09. The molecule has 0 heterocycles. The minimum absolute atomic E-state index is 0.0669. The molecule has 0 aliphatic heterocycles. The number of nitrogens with one attached hydrogen (secondary N) is 1. The quantitative estimate of drug-likeness (QED) is 0.600. The van der Waals surface area contributed by atoms with E-state index in [1.54, 1.807) is 18.2 Å². The van der Waals surface area contributed by atoms with E-state index in [1.807, 2.05) is 60.7 Å². The Hall–Kier alpha value is -3.23. The van der Waals surface area contributed by atoms with Crippen molar-refractivity contribution in [1.29, 1.82) is 5.26 Å². The summed E-state index contributed by atoms with van der Waals surface area (Å²) in [6, 6.07) is 26.5. The van der Waals surface area contributed by atoms with E-state index in [9.17, 15) is 4.79 Å². The third kappa shape index (κ3) is 5.91. The molecule has 27 heavy (non-hydrogen) atoms. The maximum absolute atomic E-state index is 12.1. The lowest BCUT2D eigenvalue weighted by molar-refractivity contribution is -0.113. The van der Waals surface area contributed by atoms with Crippen LogP contribution in [0.3, 0.4) is 0 Å². The molecule has 3 rings (SSSR count). The molecular formula is C22H18N2O2S. The average molecular weight is 374 g/mol. The Morgan fingerprint density at radius 1 is 1.00 bits per heavy atom. The van der Waals surface area contributed by atoms with Crippen LogP contribution in [0.25, 0.3) is 0 Å². The summed E-state index contributed by atoms with van der Waals surface area (Å²) in [5.41, 5.74) is 2.22. The third-order valence-corrected chi connectivity index (χ3v) is 4.70. The fraction of sp³-hybridized carbons (Fsp3) is 0.0909. The summed E-state index contributed by atoms with van der Waals surface area (Å²) in [7, 11) is 0. The third-order valence-electron chi connectivity index (χ3n) is 3.69. The van der Waals surface area contributed by atoms with Crippen molar-refractivity contribution in [2.75, 3.05) is 11.1 Å². The van der Waals surface area contributed by atoms with Gasteiger partial charge in [-0.25, -0.2) is 0 Å². The van der Waals surface area contributed by atoms with Crippen LogP contribution in [0.2, 0.25) is 0 Å². The highest BCUT2D eigenvalue weighted by Gasteiger charge is 2.05. The van der Waals surface area contributed by atoms with Crippen molar-refractivity contribution in [2.24, 2.45) is 0 Å². The number of anilines is 1. The normalized spacial score (nSPS) is 10.0. The van der Waals surface area contributed by atoms with Gasteiger partial charge in [0.2, 0.25) is 5.91 Å². The van der Waals surface area contributed by atoms with E-state index >= 15 is 0 Å². The molecule has 0 fully saturated rings. The second kappa shape index (κ2) is 9.46. The lowest BCUT2D eigenvalue weighted by atomic mass is 10.1. The summed E-state index contributed by atoms with van der Waals surface area (Å²) in [6.45, 7) is 0.358. The summed E-state index contributed by atoms with van der Waals surface area (Å²) in [4.78, 5) is 13.2. The number of carbonyl (C=O) groups is 1. The molecule has 0 radical (unpaired) electrons. The number of nitriles is 1. The predicted octanol–water partition coefficient (Wildman–Crippen LogP) is 4.87. The molecule has 0 saturated carbocycles. The maximum atomic E-state index is 12.1. The van der Waals surface area contributed by atoms with Crippen LogP contribution in [-0.4, -0.2) is 11.7 Å². The summed E-state index contributed by atoms with van der Waals surface area (Å²) < 4.78 is 5.78. The molecule has 0 aromatic heterocycles. The van der Waals surface area contributed by atoms with Gasteiger partial charge in [0, 0.05) is 16.6 Å². The highest BCUT2D eigenvalue weighted by Crippen LogP contribution is 2.21. The summed E-state index contributed by atoms with van der Waals surface area (Å²) in [5, 5.41) is 11.8. The second-order valence-electron chi connectivity index (χ2n) is 5.78. The minimum atomic E-state index is -0.0669. The van der Waals surface area contributed by atoms with Crippen molar-refractivity contribution in [1.82, 2.24) is 0 Å². The Morgan fingerprint density at radius 2 is 1.81 bits per heavy atom. The number of ether oxygens (including phenoxy) is 1. The molecule has 1 N–H and O–H groups in total. The highest BCUT2D eigenvalue weighted by atomic mass is 32.2. The Kier molecular flexibility index (Phi) is 6.50. The van der Waals surface area contributed by atoms with Crippen LogP contribution in [-0.2, 0) is 11.4 Å². The van der Waals surface area contributed by atoms with Crippen LogP contribution in [0.4, 0.5) is 5.69 Å². The first kappa shape index (κ1) is 18.6. The van der Waals surface area contributed by atoms with Crippen molar-refractivity contribution < 1.29 is 9.53 Å². The van der Waals surface area contributed by atoms with Gasteiger partial charge < -0.3 is 10.1 Å². The Bertz CT molecular complexity index is 952. The predicted molar refractivity (Wildman–Crippen MR) is 108 cm³/mol. The highest BCUT2D eigenvalue weighted by molar-refractivity contribution is 8.00. The molecule has 0 unspecified atom stereocenters. The zero-order valence-corrected chi connectivity index (χ0v) is 15.4. The van der Waals surface area contributed by atoms with Crippen LogP contribution in [0, 0.1) is 11.3 Å². The molecule has 134 valence electrons. The fourth-order valence-corrected chi connectivity index (χ4v) is 3.14. The Balaban J connectivity index is 1.53. The van der Waals surface area contributed by atoms with Crippen LogP contribution >= 0.6 is 11.8 Å². The smallest absolute Gasteiger partial charge is 0.234 e. The van der Waals surface area contributed by atoms with Crippen molar-refractivity contribution in [3.8, 4) is 11.8 Å². The first-order valence-electron chi connectivity index (χ1n) is 8.42. The van der Waals surface area contributed by atoms with E-state index < -0.39 is 0 Å². The van der Waals surface area contributed by atoms with Gasteiger partial charge in [0.25, 0.3) is 0 Å². The average Bonchev–Trinajstić information content (AvgIpc) is 2.72. The topological polar surface area (TPSA) is 62.1 Å². The van der Waals surface area contributed by atoms with Crippen molar-refractivity contribution >= 4 is 23.4 Å². The Morgan fingerprint density at radius 3 is 2.63 bits per heavy atom. The maximum Gasteiger partial charge on any atom is 0.234 e. The van der Waals surface area contributed by atoms with E-state index in [-0.39, 0.29) is 5.91 Å². The number of carbonyl (C=O) groups excluding carboxylic acids is 1. The first-order valence-corrected chi connectivity index (χ1v) is 9.41. The van der Waals surface area contributed by atoms with Crippen LogP contribution in [0.5, 0.6) is 5.75 Å². The standard InChI is InChI=1S/C22H18N2O2S/c23-14-17-6-4-7-18(12-17)15-26-20-9-5-8-19(13-20)24-22(25)16-27-21-10-2-1-3-11-21/h1-13H,15-16H2,(H,24,25). The largest absolute Gasteiger partial charge is 0.489 e. The van der Waals surface area contributed by atoms with Gasteiger partial charge in [-0.1, -0.05) is 36.4 Å². The monoisotopic (exact) mass is 374 g/mol. The number of benzene rings is 3. The van der Waals surface area contributed by atoms with E-state index in [2.05, 4.69) is 11.4 Å². The van der Waals surface area contributed by atoms with E-state index in [1.165, 1.54) is 11.8 Å². The summed E-state index contributed by atoms with van der Waals surface area (Å²) >= 11 is 1.49. The lowest BCUT2D eigenvalue weighted by Crippen LogP contribution is -2.14. The first-order chi connectivity index (χ1) is 13.2. The van der Waals surface area contributed by atoms with Crippen molar-refractivity contribution in [3.63, 3.8) is 0 Å². The molecule has 0 saturated heterocycles. The Labute approximate surface area is 162 Å². The zero-order chi connectivity index (χ0) is 18.9. The van der Waals surface area contributed by atoms with Gasteiger partial charge in [-0.2, -0.15) is 5.26 Å². The van der Waals surface area contributed by atoms with Gasteiger partial charge >= 0.3 is 0 Å². The molecule has 0 aliphatic carbocycles. The molecule has 1 amide bonds. The molecule has 0 aliphatic rings. The molecule has 0 bridgehead atoms. The number of amides is 1. The van der Waals surface area contributed by atoms with Crippen LogP contribution < -0.4 is 10.1 Å². The van der Waals surface area contributed by atoms with Crippen molar-refractivity contribution in [3.05, 3.63) is 90.0 Å². The van der Waals surface area contributed by atoms with Gasteiger partial charge in [0.1, 0.15) is 12.4 Å². The number of hydrogen-bond acceptors (Lipinski definition) is 4. The number of nitrogens with zero attached hydrogens (tertiary/aromatic N) is 1. The molecule has 3 aromatic rings. The summed E-state index contributed by atoms with van der Waals surface area (Å²) in [5.74, 6) is 0.935. The summed E-state index contributed by atoms with van der Waals surface area (Å²) in [6.07, 6.45) is 0. The molecule has 3 aromatic carbocycles. The zero-order valence-electron chi connectivity index (χ0n) is 14.6. The molecule has 4 nitrogen and oxygen atoms in total. The fourth-order valence-electron chi connectivity index (χ4n) is 2.42. The number of hydrogen-bond donors (Lipinski definition) is 1. The van der Waals surface area contributed by atoms with E-state index in [0.717, 1.165) is 10.5 Å². The van der Waals surface area contributed by atoms with Gasteiger partial charge in [-0.15, -0.1) is 11.8 Å². The van der Waals surface area contributed by atoms with E-state index in [4.69, 9.17) is 10.00 Å². The van der Waals surface area contributed by atoms with Gasteiger partial charge in [-0.3, -0.25) is 4.79 Å². The van der Waals surface area contributed by atoms with Gasteiger partial charge in [0.15, 0.2) is 0 Å². The van der Waals surface area contributed by atoms with Crippen molar-refractivity contribution in [2.45, 2.75) is 11.5 Å². The van der Waals surface area contributed by atoms with Crippen LogP contribution in [0.1, 0.15) is 11.1 Å². The van der Waals surface area contributed by atoms with Gasteiger partial charge in [-0.05, 0) is 42.0 Å². The van der Waals surface area contributed by atoms with Gasteiger partial charge in [0.05, 0.1) is 17.4 Å².